The van der Waals surface area contributed by atoms with Crippen molar-refractivity contribution in [2.45, 2.75) is 6.04 Å². The van der Waals surface area contributed by atoms with Gasteiger partial charge >= 0.3 is 0 Å². The lowest BCUT2D eigenvalue weighted by Crippen LogP contribution is -2.17. The van der Waals surface area contributed by atoms with Crippen LogP contribution in [0, 0.1) is 0 Å². The molecule has 0 amide bonds. The van der Waals surface area contributed by atoms with Crippen LogP contribution < -0.4 is 10.1 Å². The zero-order valence-corrected chi connectivity index (χ0v) is 13.5. The highest BCUT2D eigenvalue weighted by molar-refractivity contribution is 9.10. The van der Waals surface area contributed by atoms with Crippen molar-refractivity contribution in [1.29, 1.82) is 0 Å². The Morgan fingerprint density at radius 1 is 1.14 bits per heavy atom. The second kappa shape index (κ2) is 5.92. The molecule has 0 bridgehead atoms. The van der Waals surface area contributed by atoms with Crippen LogP contribution >= 0.6 is 15.9 Å². The zero-order chi connectivity index (χ0) is 14.8. The van der Waals surface area contributed by atoms with Crippen molar-refractivity contribution in [1.82, 2.24) is 5.32 Å². The first-order valence-electron chi connectivity index (χ1n) is 6.72. The number of ether oxygens (including phenoxy) is 1. The molecular weight excluding hydrogens is 330 g/mol. The lowest BCUT2D eigenvalue weighted by molar-refractivity contribution is 0.399. The number of fused-ring (bicyclic) bond motifs is 1. The third kappa shape index (κ3) is 2.57. The van der Waals surface area contributed by atoms with E-state index < -0.39 is 0 Å². The largest absolute Gasteiger partial charge is 0.496 e. The molecule has 0 saturated carbocycles. The molecule has 0 aliphatic carbocycles. The molecule has 0 fully saturated rings. The Kier molecular flexibility index (Phi) is 3.99. The first-order valence-corrected chi connectivity index (χ1v) is 7.52. The van der Waals surface area contributed by atoms with Crippen molar-refractivity contribution in [3.05, 3.63) is 64.3 Å². The quantitative estimate of drug-likeness (QED) is 0.755. The lowest BCUT2D eigenvalue weighted by Gasteiger charge is -2.17. The SMILES string of the molecule is CNC(c1cc2cccc(Br)c2o1)c1ccccc1OC. The van der Waals surface area contributed by atoms with Gasteiger partial charge in [-0.3, -0.25) is 0 Å². The van der Waals surface area contributed by atoms with Gasteiger partial charge in [0, 0.05) is 10.9 Å². The van der Waals surface area contributed by atoms with E-state index in [9.17, 15) is 0 Å². The van der Waals surface area contributed by atoms with Gasteiger partial charge in [-0.25, -0.2) is 0 Å². The van der Waals surface area contributed by atoms with Gasteiger partial charge in [0.1, 0.15) is 17.1 Å². The highest BCUT2D eigenvalue weighted by atomic mass is 79.9. The molecule has 1 aromatic heterocycles. The minimum atomic E-state index is -0.0551. The Bertz CT molecular complexity index is 766. The topological polar surface area (TPSA) is 34.4 Å². The fourth-order valence-electron chi connectivity index (χ4n) is 2.55. The fourth-order valence-corrected chi connectivity index (χ4v) is 3.01. The number of furan rings is 1. The summed E-state index contributed by atoms with van der Waals surface area (Å²) in [4.78, 5) is 0. The Labute approximate surface area is 132 Å². The minimum Gasteiger partial charge on any atom is -0.496 e. The first-order chi connectivity index (χ1) is 10.2. The molecule has 21 heavy (non-hydrogen) atoms. The molecule has 0 radical (unpaired) electrons. The molecule has 3 rings (SSSR count). The van der Waals surface area contributed by atoms with Crippen molar-refractivity contribution in [3.8, 4) is 5.75 Å². The highest BCUT2D eigenvalue weighted by Crippen LogP contribution is 2.34. The van der Waals surface area contributed by atoms with Gasteiger partial charge in [0.15, 0.2) is 0 Å². The summed E-state index contributed by atoms with van der Waals surface area (Å²) in [6.45, 7) is 0. The van der Waals surface area contributed by atoms with Gasteiger partial charge in [0.05, 0.1) is 17.6 Å². The summed E-state index contributed by atoms with van der Waals surface area (Å²) in [6, 6.07) is 16.0. The number of nitrogens with one attached hydrogen (secondary N) is 1. The summed E-state index contributed by atoms with van der Waals surface area (Å²) in [5, 5.41) is 4.38. The average molecular weight is 346 g/mol. The van der Waals surface area contributed by atoms with E-state index in [1.807, 2.05) is 49.5 Å². The van der Waals surface area contributed by atoms with Gasteiger partial charge in [-0.05, 0) is 41.2 Å². The average Bonchev–Trinajstić information content (AvgIpc) is 2.94. The smallest absolute Gasteiger partial charge is 0.148 e. The van der Waals surface area contributed by atoms with Gasteiger partial charge in [0.2, 0.25) is 0 Å². The van der Waals surface area contributed by atoms with Crippen LogP contribution in [0.5, 0.6) is 5.75 Å². The summed E-state index contributed by atoms with van der Waals surface area (Å²) >= 11 is 3.53. The molecule has 108 valence electrons. The zero-order valence-electron chi connectivity index (χ0n) is 11.9. The molecule has 2 aromatic carbocycles. The number of halogens is 1. The van der Waals surface area contributed by atoms with E-state index in [0.717, 1.165) is 32.5 Å². The van der Waals surface area contributed by atoms with E-state index in [2.05, 4.69) is 27.3 Å². The van der Waals surface area contributed by atoms with E-state index in [0.29, 0.717) is 0 Å². The minimum absolute atomic E-state index is 0.0551. The maximum absolute atomic E-state index is 6.04. The Morgan fingerprint density at radius 2 is 1.95 bits per heavy atom. The van der Waals surface area contributed by atoms with Crippen molar-refractivity contribution < 1.29 is 9.15 Å². The summed E-state index contributed by atoms with van der Waals surface area (Å²) in [5.74, 6) is 1.71. The van der Waals surface area contributed by atoms with Crippen molar-refractivity contribution in [2.75, 3.05) is 14.2 Å². The molecule has 1 heterocycles. The molecule has 0 spiro atoms. The van der Waals surface area contributed by atoms with Gasteiger partial charge in [-0.1, -0.05) is 30.3 Å². The van der Waals surface area contributed by atoms with E-state index >= 15 is 0 Å². The van der Waals surface area contributed by atoms with Crippen LogP contribution in [0.3, 0.4) is 0 Å². The van der Waals surface area contributed by atoms with Crippen LogP contribution in [0.2, 0.25) is 0 Å². The number of hydrogen-bond donors (Lipinski definition) is 1. The summed E-state index contributed by atoms with van der Waals surface area (Å²) in [5.41, 5.74) is 1.92. The summed E-state index contributed by atoms with van der Waals surface area (Å²) < 4.78 is 12.5. The maximum atomic E-state index is 6.04. The second-order valence-corrected chi connectivity index (χ2v) is 5.62. The van der Waals surface area contributed by atoms with Gasteiger partial charge < -0.3 is 14.5 Å². The maximum Gasteiger partial charge on any atom is 0.148 e. The molecule has 0 aliphatic heterocycles. The Balaban J connectivity index is 2.12. The first kappa shape index (κ1) is 14.2. The third-order valence-electron chi connectivity index (χ3n) is 3.54. The Hall–Kier alpha value is -1.78. The van der Waals surface area contributed by atoms with Gasteiger partial charge in [-0.2, -0.15) is 0 Å². The molecule has 0 aliphatic rings. The molecule has 0 saturated heterocycles. The number of para-hydroxylation sites is 2. The van der Waals surface area contributed by atoms with Gasteiger partial charge in [0.25, 0.3) is 0 Å². The number of rotatable bonds is 4. The van der Waals surface area contributed by atoms with E-state index in [1.54, 1.807) is 7.11 Å². The van der Waals surface area contributed by atoms with E-state index in [1.165, 1.54) is 0 Å². The van der Waals surface area contributed by atoms with Crippen molar-refractivity contribution >= 4 is 26.9 Å². The standard InChI is InChI=1S/C17H16BrNO2/c1-19-16(12-7-3-4-9-14(12)20-2)15-10-11-6-5-8-13(18)17(11)21-15/h3-10,16,19H,1-2H3. The van der Waals surface area contributed by atoms with Gasteiger partial charge in [-0.15, -0.1) is 0 Å². The summed E-state index contributed by atoms with van der Waals surface area (Å²) in [6.07, 6.45) is 0. The molecule has 1 N–H and O–H groups in total. The van der Waals surface area contributed by atoms with Crippen LogP contribution in [0.25, 0.3) is 11.0 Å². The fraction of sp³-hybridized carbons (Fsp3) is 0.176. The predicted octanol–water partition coefficient (Wildman–Crippen LogP) is 4.51. The number of benzene rings is 2. The molecule has 3 nitrogen and oxygen atoms in total. The van der Waals surface area contributed by atoms with Crippen LogP contribution in [0.15, 0.2) is 57.4 Å². The summed E-state index contributed by atoms with van der Waals surface area (Å²) in [7, 11) is 3.60. The highest BCUT2D eigenvalue weighted by Gasteiger charge is 2.20. The van der Waals surface area contributed by atoms with Crippen LogP contribution in [0.4, 0.5) is 0 Å². The Morgan fingerprint density at radius 3 is 2.67 bits per heavy atom. The molecular formula is C17H16BrNO2. The van der Waals surface area contributed by atoms with E-state index in [-0.39, 0.29) is 6.04 Å². The van der Waals surface area contributed by atoms with Crippen LogP contribution in [-0.4, -0.2) is 14.2 Å². The van der Waals surface area contributed by atoms with E-state index in [4.69, 9.17) is 9.15 Å². The molecule has 1 atom stereocenters. The van der Waals surface area contributed by atoms with Crippen molar-refractivity contribution in [3.63, 3.8) is 0 Å². The lowest BCUT2D eigenvalue weighted by atomic mass is 10.0. The van der Waals surface area contributed by atoms with Crippen LogP contribution in [0.1, 0.15) is 17.4 Å². The number of methoxy groups -OCH3 is 1. The molecule has 1 unspecified atom stereocenters. The normalized spacial score (nSPS) is 12.5. The number of hydrogen-bond acceptors (Lipinski definition) is 3. The van der Waals surface area contributed by atoms with Crippen LogP contribution in [-0.2, 0) is 0 Å². The monoisotopic (exact) mass is 345 g/mol. The van der Waals surface area contributed by atoms with Crippen molar-refractivity contribution in [2.24, 2.45) is 0 Å². The molecule has 3 aromatic rings. The molecule has 4 heteroatoms. The predicted molar refractivity (Wildman–Crippen MR) is 87.8 cm³/mol. The third-order valence-corrected chi connectivity index (χ3v) is 4.16. The second-order valence-electron chi connectivity index (χ2n) is 4.77.